The molecule has 106 valence electrons. The van der Waals surface area contributed by atoms with Gasteiger partial charge in [-0.05, 0) is 24.2 Å². The molecular weight excluding hydrogens is 317 g/mol. The number of halogens is 2. The molecule has 5 heteroatoms. The van der Waals surface area contributed by atoms with Gasteiger partial charge in [0.25, 0.3) is 0 Å². The Kier molecular flexibility index (Phi) is 6.22. The Labute approximate surface area is 134 Å². The largest absolute Gasteiger partial charge is 0.309 e. The molecule has 0 aliphatic carbocycles. The summed E-state index contributed by atoms with van der Waals surface area (Å²) in [5, 5.41) is 6.11. The number of rotatable bonds is 4. The van der Waals surface area contributed by atoms with E-state index in [2.05, 4.69) is 48.8 Å². The van der Waals surface area contributed by atoms with E-state index < -0.39 is 0 Å². The van der Waals surface area contributed by atoms with Crippen LogP contribution < -0.4 is 5.32 Å². The molecule has 3 atom stereocenters. The second-order valence-corrected chi connectivity index (χ2v) is 8.21. The average Bonchev–Trinajstić information content (AvgIpc) is 2.40. The van der Waals surface area contributed by atoms with Gasteiger partial charge in [-0.25, -0.2) is 0 Å². The number of nitrogens with one attached hydrogen (secondary N) is 1. The number of thioether (sulfide) groups is 2. The summed E-state index contributed by atoms with van der Waals surface area (Å²) in [6.07, 6.45) is 0. The average molecular weight is 336 g/mol. The summed E-state index contributed by atoms with van der Waals surface area (Å²) < 4.78 is 0. The van der Waals surface area contributed by atoms with Crippen molar-refractivity contribution in [1.29, 1.82) is 0 Å². The van der Waals surface area contributed by atoms with Crippen LogP contribution in [0.5, 0.6) is 0 Å². The molecule has 0 radical (unpaired) electrons. The molecule has 1 N–H and O–H groups in total. The maximum absolute atomic E-state index is 6.16. The van der Waals surface area contributed by atoms with E-state index in [0.717, 1.165) is 6.54 Å². The van der Waals surface area contributed by atoms with Gasteiger partial charge in [-0.3, -0.25) is 0 Å². The van der Waals surface area contributed by atoms with Crippen molar-refractivity contribution >= 4 is 46.7 Å². The molecule has 1 heterocycles. The molecule has 1 fully saturated rings. The summed E-state index contributed by atoms with van der Waals surface area (Å²) in [5.74, 6) is 2.48. The minimum Gasteiger partial charge on any atom is -0.309 e. The smallest absolute Gasteiger partial charge is 0.0595 e. The summed E-state index contributed by atoms with van der Waals surface area (Å²) in [6.45, 7) is 5.43. The van der Waals surface area contributed by atoms with Crippen LogP contribution in [0.3, 0.4) is 0 Å². The van der Waals surface area contributed by atoms with Crippen molar-refractivity contribution in [3.8, 4) is 0 Å². The first-order chi connectivity index (χ1) is 9.13. The number of hydrogen-bond acceptors (Lipinski definition) is 3. The quantitative estimate of drug-likeness (QED) is 0.841. The molecule has 1 aliphatic heterocycles. The predicted octanol–water partition coefficient (Wildman–Crippen LogP) is 4.88. The van der Waals surface area contributed by atoms with Gasteiger partial charge in [0.05, 0.1) is 10.0 Å². The zero-order chi connectivity index (χ0) is 13.8. The van der Waals surface area contributed by atoms with E-state index in [1.807, 2.05) is 12.1 Å². The van der Waals surface area contributed by atoms with Crippen molar-refractivity contribution in [3.05, 3.63) is 33.8 Å². The second-order valence-electron chi connectivity index (χ2n) is 4.62. The van der Waals surface area contributed by atoms with Crippen LogP contribution in [-0.2, 0) is 0 Å². The monoisotopic (exact) mass is 335 g/mol. The molecule has 0 spiro atoms. The van der Waals surface area contributed by atoms with E-state index >= 15 is 0 Å². The van der Waals surface area contributed by atoms with Crippen LogP contribution in [-0.4, -0.2) is 28.6 Å². The van der Waals surface area contributed by atoms with E-state index in [-0.39, 0.29) is 0 Å². The molecule has 0 aromatic heterocycles. The highest BCUT2D eigenvalue weighted by molar-refractivity contribution is 8.07. The SMILES string of the molecule is CCNC(c1ccc(Cl)c(Cl)c1)C1SCCSC1C. The van der Waals surface area contributed by atoms with Crippen molar-refractivity contribution in [2.24, 2.45) is 0 Å². The summed E-state index contributed by atoms with van der Waals surface area (Å²) in [6, 6.07) is 6.33. The lowest BCUT2D eigenvalue weighted by Crippen LogP contribution is -2.37. The van der Waals surface area contributed by atoms with Crippen LogP contribution in [0.4, 0.5) is 0 Å². The summed E-state index contributed by atoms with van der Waals surface area (Å²) in [7, 11) is 0. The maximum atomic E-state index is 6.16. The lowest BCUT2D eigenvalue weighted by Gasteiger charge is -2.35. The molecule has 0 bridgehead atoms. The van der Waals surface area contributed by atoms with E-state index in [0.29, 0.717) is 26.6 Å². The van der Waals surface area contributed by atoms with Crippen LogP contribution in [0.2, 0.25) is 10.0 Å². The first-order valence-corrected chi connectivity index (χ1v) is 9.40. The van der Waals surface area contributed by atoms with Gasteiger partial charge in [0.15, 0.2) is 0 Å². The topological polar surface area (TPSA) is 12.0 Å². The third-order valence-corrected chi connectivity index (χ3v) is 7.23. The van der Waals surface area contributed by atoms with Crippen LogP contribution in [0.1, 0.15) is 25.5 Å². The Balaban J connectivity index is 2.25. The Hall–Kier alpha value is 0.460. The van der Waals surface area contributed by atoms with E-state index in [9.17, 15) is 0 Å². The standard InChI is InChI=1S/C14H19Cl2NS2/c1-3-17-13(14-9(2)18-6-7-19-14)10-4-5-11(15)12(16)8-10/h4-5,8-9,13-14,17H,3,6-7H2,1-2H3. The molecule has 1 saturated heterocycles. The van der Waals surface area contributed by atoms with Gasteiger partial charge >= 0.3 is 0 Å². The van der Waals surface area contributed by atoms with Crippen LogP contribution >= 0.6 is 46.7 Å². The van der Waals surface area contributed by atoms with Gasteiger partial charge in [-0.1, -0.05) is 43.1 Å². The van der Waals surface area contributed by atoms with E-state index in [1.165, 1.54) is 17.1 Å². The molecule has 0 saturated carbocycles. The third-order valence-electron chi connectivity index (χ3n) is 3.29. The van der Waals surface area contributed by atoms with Gasteiger partial charge < -0.3 is 5.32 Å². The van der Waals surface area contributed by atoms with Crippen molar-refractivity contribution < 1.29 is 0 Å². The van der Waals surface area contributed by atoms with E-state index in [1.54, 1.807) is 0 Å². The Morgan fingerprint density at radius 1 is 1.26 bits per heavy atom. The number of benzene rings is 1. The van der Waals surface area contributed by atoms with Gasteiger partial charge in [0.1, 0.15) is 0 Å². The fourth-order valence-electron chi connectivity index (χ4n) is 2.37. The van der Waals surface area contributed by atoms with Crippen LogP contribution in [0.15, 0.2) is 18.2 Å². The molecule has 19 heavy (non-hydrogen) atoms. The highest BCUT2D eigenvalue weighted by Crippen LogP contribution is 2.39. The summed E-state index contributed by atoms with van der Waals surface area (Å²) in [5.41, 5.74) is 1.24. The zero-order valence-electron chi connectivity index (χ0n) is 11.2. The first-order valence-electron chi connectivity index (χ1n) is 6.55. The number of hydrogen-bond donors (Lipinski definition) is 1. The lowest BCUT2D eigenvalue weighted by atomic mass is 10.0. The first kappa shape index (κ1) is 15.8. The zero-order valence-corrected chi connectivity index (χ0v) is 14.3. The molecule has 1 aliphatic rings. The summed E-state index contributed by atoms with van der Waals surface area (Å²) in [4.78, 5) is 0. The molecule has 1 aromatic rings. The lowest BCUT2D eigenvalue weighted by molar-refractivity contribution is 0.526. The van der Waals surface area contributed by atoms with Crippen molar-refractivity contribution in [2.75, 3.05) is 18.1 Å². The van der Waals surface area contributed by atoms with Crippen molar-refractivity contribution in [2.45, 2.75) is 30.4 Å². The fraction of sp³-hybridized carbons (Fsp3) is 0.571. The Morgan fingerprint density at radius 2 is 2.00 bits per heavy atom. The van der Waals surface area contributed by atoms with Gasteiger partial charge in [0.2, 0.25) is 0 Å². The molecule has 1 aromatic carbocycles. The minimum absolute atomic E-state index is 0.340. The molecular formula is C14H19Cl2NS2. The van der Waals surface area contributed by atoms with Crippen LogP contribution in [0.25, 0.3) is 0 Å². The second kappa shape index (κ2) is 7.46. The minimum atomic E-state index is 0.340. The Morgan fingerprint density at radius 3 is 2.63 bits per heavy atom. The Bertz CT molecular complexity index is 428. The van der Waals surface area contributed by atoms with Gasteiger partial charge in [0, 0.05) is 28.0 Å². The van der Waals surface area contributed by atoms with E-state index in [4.69, 9.17) is 23.2 Å². The van der Waals surface area contributed by atoms with Crippen molar-refractivity contribution in [1.82, 2.24) is 5.32 Å². The van der Waals surface area contributed by atoms with Gasteiger partial charge in [-0.2, -0.15) is 23.5 Å². The van der Waals surface area contributed by atoms with Crippen LogP contribution in [0, 0.1) is 0 Å². The fourth-order valence-corrected chi connectivity index (χ4v) is 5.62. The van der Waals surface area contributed by atoms with Gasteiger partial charge in [-0.15, -0.1) is 0 Å². The maximum Gasteiger partial charge on any atom is 0.0595 e. The highest BCUT2D eigenvalue weighted by atomic mass is 35.5. The highest BCUT2D eigenvalue weighted by Gasteiger charge is 2.31. The normalized spacial score (nSPS) is 25.3. The van der Waals surface area contributed by atoms with Crippen molar-refractivity contribution in [3.63, 3.8) is 0 Å². The summed E-state index contributed by atoms with van der Waals surface area (Å²) >= 11 is 16.3. The third kappa shape index (κ3) is 3.98. The molecule has 2 rings (SSSR count). The predicted molar refractivity (Wildman–Crippen MR) is 91.0 cm³/mol. The molecule has 1 nitrogen and oxygen atoms in total. The molecule has 0 amide bonds. The molecule has 3 unspecified atom stereocenters.